The molecular formula is C16H26N2O2. The molecule has 4 heteroatoms. The van der Waals surface area contributed by atoms with E-state index in [0.717, 1.165) is 18.5 Å². The Hall–Kier alpha value is -1.32. The molecule has 1 fully saturated rings. The van der Waals surface area contributed by atoms with Gasteiger partial charge in [0, 0.05) is 0 Å². The molecule has 0 radical (unpaired) electrons. The van der Waals surface area contributed by atoms with Crippen LogP contribution in [-0.4, -0.2) is 22.4 Å². The maximum absolute atomic E-state index is 12.0. The minimum Gasteiger partial charge on any atom is -0.462 e. The van der Waals surface area contributed by atoms with E-state index in [1.165, 1.54) is 38.5 Å². The van der Waals surface area contributed by atoms with E-state index in [1.807, 2.05) is 6.92 Å². The van der Waals surface area contributed by atoms with Crippen molar-refractivity contribution in [2.75, 3.05) is 6.61 Å². The lowest BCUT2D eigenvalue weighted by molar-refractivity contribution is 0.0524. The minimum atomic E-state index is -0.226. The highest BCUT2D eigenvalue weighted by Crippen LogP contribution is 2.29. The molecular weight excluding hydrogens is 252 g/mol. The summed E-state index contributed by atoms with van der Waals surface area (Å²) in [6.07, 6.45) is 11.2. The van der Waals surface area contributed by atoms with Gasteiger partial charge in [-0.15, -0.1) is 0 Å². The smallest absolute Gasteiger partial charge is 0.341 e. The van der Waals surface area contributed by atoms with Crippen molar-refractivity contribution in [2.45, 2.75) is 71.3 Å². The number of esters is 1. The second-order valence-corrected chi connectivity index (χ2v) is 5.57. The number of hydrogen-bond donors (Lipinski definition) is 0. The lowest BCUT2D eigenvalue weighted by Gasteiger charge is -2.18. The average molecular weight is 278 g/mol. The van der Waals surface area contributed by atoms with Crippen molar-refractivity contribution >= 4 is 5.97 Å². The van der Waals surface area contributed by atoms with Gasteiger partial charge in [0.05, 0.1) is 24.5 Å². The summed E-state index contributed by atoms with van der Waals surface area (Å²) in [4.78, 5) is 12.0. The SMILES string of the molecule is CCCc1c(C(=O)OCC)cnn1C1CCCCCC1. The zero-order valence-corrected chi connectivity index (χ0v) is 12.7. The molecule has 112 valence electrons. The average Bonchev–Trinajstić information content (AvgIpc) is 2.68. The molecule has 2 rings (SSSR count). The first kappa shape index (κ1) is 15.1. The molecule has 0 N–H and O–H groups in total. The predicted octanol–water partition coefficient (Wildman–Crippen LogP) is 3.91. The third-order valence-corrected chi connectivity index (χ3v) is 4.05. The van der Waals surface area contributed by atoms with Crippen LogP contribution in [0.15, 0.2) is 6.20 Å². The summed E-state index contributed by atoms with van der Waals surface area (Å²) in [6.45, 7) is 4.39. The van der Waals surface area contributed by atoms with E-state index in [-0.39, 0.29) is 5.97 Å². The summed E-state index contributed by atoms with van der Waals surface area (Å²) in [6, 6.07) is 0.460. The van der Waals surface area contributed by atoms with Gasteiger partial charge in [0.1, 0.15) is 5.56 Å². The van der Waals surface area contributed by atoms with Gasteiger partial charge in [0.2, 0.25) is 0 Å². The Bertz CT molecular complexity index is 432. The van der Waals surface area contributed by atoms with E-state index >= 15 is 0 Å². The maximum atomic E-state index is 12.0. The van der Waals surface area contributed by atoms with Gasteiger partial charge in [0.25, 0.3) is 0 Å². The van der Waals surface area contributed by atoms with Crippen molar-refractivity contribution in [2.24, 2.45) is 0 Å². The zero-order chi connectivity index (χ0) is 14.4. The third kappa shape index (κ3) is 3.41. The number of carbonyl (C=O) groups excluding carboxylic acids is 1. The largest absolute Gasteiger partial charge is 0.462 e. The Balaban J connectivity index is 2.25. The molecule has 0 amide bonds. The van der Waals surface area contributed by atoms with Crippen molar-refractivity contribution in [3.05, 3.63) is 17.5 Å². The Kier molecular flexibility index (Phi) is 5.62. The summed E-state index contributed by atoms with van der Waals surface area (Å²) in [5.74, 6) is -0.226. The van der Waals surface area contributed by atoms with Gasteiger partial charge in [-0.2, -0.15) is 5.10 Å². The van der Waals surface area contributed by atoms with Crippen LogP contribution in [0.4, 0.5) is 0 Å². The Morgan fingerprint density at radius 3 is 2.60 bits per heavy atom. The van der Waals surface area contributed by atoms with Crippen LogP contribution in [0.3, 0.4) is 0 Å². The molecule has 1 aliphatic carbocycles. The topological polar surface area (TPSA) is 44.1 Å². The van der Waals surface area contributed by atoms with Crippen LogP contribution < -0.4 is 0 Å². The van der Waals surface area contributed by atoms with Crippen molar-refractivity contribution in [1.82, 2.24) is 9.78 Å². The Labute approximate surface area is 121 Å². The zero-order valence-electron chi connectivity index (χ0n) is 12.7. The number of rotatable bonds is 5. The Morgan fingerprint density at radius 1 is 1.30 bits per heavy atom. The van der Waals surface area contributed by atoms with Gasteiger partial charge in [0.15, 0.2) is 0 Å². The molecule has 1 aromatic heterocycles. The van der Waals surface area contributed by atoms with Crippen LogP contribution in [0.25, 0.3) is 0 Å². The molecule has 0 bridgehead atoms. The second kappa shape index (κ2) is 7.46. The van der Waals surface area contributed by atoms with Gasteiger partial charge >= 0.3 is 5.97 Å². The summed E-state index contributed by atoms with van der Waals surface area (Å²) in [5.41, 5.74) is 1.73. The third-order valence-electron chi connectivity index (χ3n) is 4.05. The molecule has 0 aromatic carbocycles. The molecule has 1 heterocycles. The van der Waals surface area contributed by atoms with E-state index < -0.39 is 0 Å². The fraction of sp³-hybridized carbons (Fsp3) is 0.750. The van der Waals surface area contributed by atoms with Crippen molar-refractivity contribution < 1.29 is 9.53 Å². The summed E-state index contributed by atoms with van der Waals surface area (Å²) < 4.78 is 7.26. The van der Waals surface area contributed by atoms with Crippen molar-refractivity contribution in [1.29, 1.82) is 0 Å². The minimum absolute atomic E-state index is 0.226. The molecule has 4 nitrogen and oxygen atoms in total. The van der Waals surface area contributed by atoms with Gasteiger partial charge in [-0.3, -0.25) is 4.68 Å². The summed E-state index contributed by atoms with van der Waals surface area (Å²) in [7, 11) is 0. The molecule has 0 atom stereocenters. The van der Waals surface area contributed by atoms with Crippen LogP contribution in [0.1, 0.15) is 80.9 Å². The molecule has 0 spiro atoms. The van der Waals surface area contributed by atoms with Crippen LogP contribution in [-0.2, 0) is 11.2 Å². The van der Waals surface area contributed by atoms with Gasteiger partial charge in [-0.25, -0.2) is 4.79 Å². The maximum Gasteiger partial charge on any atom is 0.341 e. The van der Waals surface area contributed by atoms with Gasteiger partial charge in [-0.1, -0.05) is 39.0 Å². The lowest BCUT2D eigenvalue weighted by atomic mass is 10.1. The van der Waals surface area contributed by atoms with Gasteiger partial charge in [-0.05, 0) is 26.2 Å². The molecule has 20 heavy (non-hydrogen) atoms. The number of nitrogens with zero attached hydrogens (tertiary/aromatic N) is 2. The lowest BCUT2D eigenvalue weighted by Crippen LogP contribution is -2.15. The predicted molar refractivity (Wildman–Crippen MR) is 78.9 cm³/mol. The van der Waals surface area contributed by atoms with E-state index in [9.17, 15) is 4.79 Å². The first-order chi connectivity index (χ1) is 9.77. The van der Waals surface area contributed by atoms with E-state index in [1.54, 1.807) is 6.20 Å². The van der Waals surface area contributed by atoms with Crippen LogP contribution in [0.2, 0.25) is 0 Å². The highest BCUT2D eigenvalue weighted by molar-refractivity contribution is 5.90. The standard InChI is InChI=1S/C16H26N2O2/c1-3-9-15-14(16(19)20-4-2)12-17-18(15)13-10-7-5-6-8-11-13/h12-13H,3-11H2,1-2H3. The number of ether oxygens (including phenoxy) is 1. The first-order valence-electron chi connectivity index (χ1n) is 8.01. The number of hydrogen-bond acceptors (Lipinski definition) is 3. The van der Waals surface area contributed by atoms with E-state index in [2.05, 4.69) is 16.7 Å². The van der Waals surface area contributed by atoms with E-state index in [4.69, 9.17) is 4.74 Å². The molecule has 0 saturated heterocycles. The fourth-order valence-electron chi connectivity index (χ4n) is 3.07. The first-order valence-corrected chi connectivity index (χ1v) is 8.01. The van der Waals surface area contributed by atoms with Gasteiger partial charge < -0.3 is 4.74 Å². The Morgan fingerprint density at radius 2 is 2.00 bits per heavy atom. The highest BCUT2D eigenvalue weighted by Gasteiger charge is 2.23. The molecule has 0 aliphatic heterocycles. The summed E-state index contributed by atoms with van der Waals surface area (Å²) >= 11 is 0. The second-order valence-electron chi connectivity index (χ2n) is 5.57. The summed E-state index contributed by atoms with van der Waals surface area (Å²) in [5, 5.41) is 4.52. The van der Waals surface area contributed by atoms with Crippen molar-refractivity contribution in [3.63, 3.8) is 0 Å². The van der Waals surface area contributed by atoms with Crippen LogP contribution in [0.5, 0.6) is 0 Å². The van der Waals surface area contributed by atoms with E-state index in [0.29, 0.717) is 18.2 Å². The fourth-order valence-corrected chi connectivity index (χ4v) is 3.07. The number of aromatic nitrogens is 2. The van der Waals surface area contributed by atoms with Crippen molar-refractivity contribution in [3.8, 4) is 0 Å². The van der Waals surface area contributed by atoms with Crippen LogP contribution >= 0.6 is 0 Å². The highest BCUT2D eigenvalue weighted by atomic mass is 16.5. The normalized spacial score (nSPS) is 16.9. The number of carbonyl (C=O) groups is 1. The molecule has 0 unspecified atom stereocenters. The monoisotopic (exact) mass is 278 g/mol. The van der Waals surface area contributed by atoms with Crippen LogP contribution in [0, 0.1) is 0 Å². The molecule has 1 aromatic rings. The molecule has 1 aliphatic rings. The quantitative estimate of drug-likeness (QED) is 0.606. The molecule has 1 saturated carbocycles.